The summed E-state index contributed by atoms with van der Waals surface area (Å²) in [7, 11) is 1.47. The normalized spacial score (nSPS) is 9.85. The van der Waals surface area contributed by atoms with Crippen molar-refractivity contribution in [3.05, 3.63) is 28.3 Å². The van der Waals surface area contributed by atoms with Crippen molar-refractivity contribution in [2.45, 2.75) is 6.92 Å². The molecule has 0 bridgehead atoms. The zero-order chi connectivity index (χ0) is 10.0. The largest absolute Gasteiger partial charge is 0.496 e. The smallest absolute Gasteiger partial charge is 0.256 e. The zero-order valence-corrected chi connectivity index (χ0v) is 8.74. The topological polar surface area (TPSA) is 26.3 Å². The van der Waals surface area contributed by atoms with Crippen LogP contribution in [0.1, 0.15) is 15.9 Å². The summed E-state index contributed by atoms with van der Waals surface area (Å²) in [6.45, 7) is 1.77. The molecule has 0 aliphatic rings. The molecule has 13 heavy (non-hydrogen) atoms. The van der Waals surface area contributed by atoms with Crippen LogP contribution in [0.2, 0.25) is 5.02 Å². The highest BCUT2D eigenvalue weighted by atomic mass is 35.5. The summed E-state index contributed by atoms with van der Waals surface area (Å²) in [6, 6.07) is 3.17. The van der Waals surface area contributed by atoms with E-state index in [2.05, 4.69) is 0 Å². The van der Waals surface area contributed by atoms with Crippen LogP contribution in [0.5, 0.6) is 5.75 Å². The molecule has 0 saturated carbocycles. The lowest BCUT2D eigenvalue weighted by Gasteiger charge is -2.09. The van der Waals surface area contributed by atoms with E-state index in [4.69, 9.17) is 27.9 Å². The van der Waals surface area contributed by atoms with Crippen LogP contribution in [0.4, 0.5) is 0 Å². The van der Waals surface area contributed by atoms with Crippen LogP contribution in [-0.4, -0.2) is 12.4 Å². The molecule has 0 N–H and O–H groups in total. The highest BCUT2D eigenvalue weighted by molar-refractivity contribution is 6.68. The van der Waals surface area contributed by atoms with E-state index in [-0.39, 0.29) is 0 Å². The molecule has 0 saturated heterocycles. The first kappa shape index (κ1) is 10.4. The predicted molar refractivity (Wildman–Crippen MR) is 52.9 cm³/mol. The second-order valence-corrected chi connectivity index (χ2v) is 3.28. The zero-order valence-electron chi connectivity index (χ0n) is 7.23. The van der Waals surface area contributed by atoms with Crippen molar-refractivity contribution >= 4 is 28.4 Å². The third kappa shape index (κ3) is 1.95. The number of halogens is 2. The summed E-state index contributed by atoms with van der Waals surface area (Å²) in [5.41, 5.74) is 1.06. The standard InChI is InChI=1S/C9H8Cl2O2/c1-5-7(10)4-3-6(9(11)12)8(5)13-2/h3-4H,1-2H3. The summed E-state index contributed by atoms with van der Waals surface area (Å²) >= 11 is 11.2. The van der Waals surface area contributed by atoms with E-state index in [0.29, 0.717) is 16.3 Å². The van der Waals surface area contributed by atoms with Crippen LogP contribution >= 0.6 is 23.2 Å². The van der Waals surface area contributed by atoms with Gasteiger partial charge in [0.05, 0.1) is 12.7 Å². The Labute approximate surface area is 86.4 Å². The predicted octanol–water partition coefficient (Wildman–Crippen LogP) is 3.04. The Morgan fingerprint density at radius 1 is 1.46 bits per heavy atom. The van der Waals surface area contributed by atoms with Gasteiger partial charge in [0, 0.05) is 10.6 Å². The number of hydrogen-bond acceptors (Lipinski definition) is 2. The van der Waals surface area contributed by atoms with Crippen molar-refractivity contribution in [3.63, 3.8) is 0 Å². The number of rotatable bonds is 2. The minimum atomic E-state index is -0.545. The van der Waals surface area contributed by atoms with Crippen molar-refractivity contribution in [2.24, 2.45) is 0 Å². The summed E-state index contributed by atoms with van der Waals surface area (Å²) in [5.74, 6) is 0.438. The summed E-state index contributed by atoms with van der Waals surface area (Å²) in [6.07, 6.45) is 0. The van der Waals surface area contributed by atoms with E-state index in [1.54, 1.807) is 19.1 Å². The van der Waals surface area contributed by atoms with Gasteiger partial charge in [-0.05, 0) is 30.7 Å². The van der Waals surface area contributed by atoms with E-state index in [9.17, 15) is 4.79 Å². The quantitative estimate of drug-likeness (QED) is 0.714. The van der Waals surface area contributed by atoms with E-state index in [0.717, 1.165) is 5.56 Å². The van der Waals surface area contributed by atoms with Crippen molar-refractivity contribution in [1.29, 1.82) is 0 Å². The van der Waals surface area contributed by atoms with Gasteiger partial charge in [-0.2, -0.15) is 0 Å². The molecule has 0 aromatic heterocycles. The SMILES string of the molecule is COc1c(C(=O)Cl)ccc(Cl)c1C. The van der Waals surface area contributed by atoms with Crippen LogP contribution in [0, 0.1) is 6.92 Å². The molecule has 0 fully saturated rings. The molecule has 4 heteroatoms. The first-order valence-corrected chi connectivity index (χ1v) is 4.36. The van der Waals surface area contributed by atoms with E-state index < -0.39 is 5.24 Å². The maximum Gasteiger partial charge on any atom is 0.256 e. The Bertz CT molecular complexity index is 348. The van der Waals surface area contributed by atoms with E-state index in [1.807, 2.05) is 0 Å². The molecule has 1 rings (SSSR count). The lowest BCUT2D eigenvalue weighted by Crippen LogP contribution is -1.97. The van der Waals surface area contributed by atoms with Crippen molar-refractivity contribution < 1.29 is 9.53 Å². The minimum absolute atomic E-state index is 0.339. The van der Waals surface area contributed by atoms with Gasteiger partial charge in [-0.3, -0.25) is 4.79 Å². The maximum atomic E-state index is 10.9. The monoisotopic (exact) mass is 218 g/mol. The molecule has 0 spiro atoms. The first-order valence-electron chi connectivity index (χ1n) is 3.61. The molecule has 0 aliphatic carbocycles. The van der Waals surface area contributed by atoms with Gasteiger partial charge in [-0.25, -0.2) is 0 Å². The van der Waals surface area contributed by atoms with E-state index >= 15 is 0 Å². The third-order valence-corrected chi connectivity index (χ3v) is 2.37. The van der Waals surface area contributed by atoms with Crippen molar-refractivity contribution in [1.82, 2.24) is 0 Å². The number of ether oxygens (including phenoxy) is 1. The molecule has 0 unspecified atom stereocenters. The van der Waals surface area contributed by atoms with Gasteiger partial charge in [0.2, 0.25) is 0 Å². The maximum absolute atomic E-state index is 10.9. The molecule has 1 aromatic rings. The third-order valence-electron chi connectivity index (χ3n) is 1.76. The summed E-state index contributed by atoms with van der Waals surface area (Å²) in [5, 5.41) is 0.00938. The molecule has 2 nitrogen and oxygen atoms in total. The van der Waals surface area contributed by atoms with Crippen molar-refractivity contribution in [3.8, 4) is 5.75 Å². The van der Waals surface area contributed by atoms with Gasteiger partial charge in [0.1, 0.15) is 5.75 Å². The summed E-state index contributed by atoms with van der Waals surface area (Å²) < 4.78 is 5.03. The highest BCUT2D eigenvalue weighted by Crippen LogP contribution is 2.30. The van der Waals surface area contributed by atoms with Crippen LogP contribution in [0.3, 0.4) is 0 Å². The molecular formula is C9H8Cl2O2. The molecule has 70 valence electrons. The second kappa shape index (κ2) is 3.99. The van der Waals surface area contributed by atoms with Crippen molar-refractivity contribution in [2.75, 3.05) is 7.11 Å². The summed E-state index contributed by atoms with van der Waals surface area (Å²) in [4.78, 5) is 10.9. The minimum Gasteiger partial charge on any atom is -0.496 e. The Morgan fingerprint density at radius 2 is 2.08 bits per heavy atom. The van der Waals surface area contributed by atoms with Gasteiger partial charge in [-0.1, -0.05) is 11.6 Å². The van der Waals surface area contributed by atoms with Crippen LogP contribution in [-0.2, 0) is 0 Å². The molecule has 0 amide bonds. The highest BCUT2D eigenvalue weighted by Gasteiger charge is 2.13. The average molecular weight is 219 g/mol. The Morgan fingerprint density at radius 3 is 2.54 bits per heavy atom. The van der Waals surface area contributed by atoms with Gasteiger partial charge >= 0.3 is 0 Å². The number of carbonyl (C=O) groups is 1. The Kier molecular flexibility index (Phi) is 3.17. The van der Waals surface area contributed by atoms with Gasteiger partial charge in [0.25, 0.3) is 5.24 Å². The van der Waals surface area contributed by atoms with Gasteiger partial charge < -0.3 is 4.74 Å². The fraction of sp³-hybridized carbons (Fsp3) is 0.222. The van der Waals surface area contributed by atoms with Crippen LogP contribution in [0.15, 0.2) is 12.1 Å². The fourth-order valence-corrected chi connectivity index (χ4v) is 1.38. The van der Waals surface area contributed by atoms with Gasteiger partial charge in [-0.15, -0.1) is 0 Å². The molecule has 0 atom stereocenters. The number of carbonyl (C=O) groups excluding carboxylic acids is 1. The molecule has 0 radical (unpaired) electrons. The van der Waals surface area contributed by atoms with E-state index in [1.165, 1.54) is 7.11 Å². The van der Waals surface area contributed by atoms with Crippen LogP contribution < -0.4 is 4.74 Å². The second-order valence-electron chi connectivity index (χ2n) is 2.53. The van der Waals surface area contributed by atoms with Gasteiger partial charge in [0.15, 0.2) is 0 Å². The number of methoxy groups -OCH3 is 1. The first-order chi connectivity index (χ1) is 6.07. The number of benzene rings is 1. The van der Waals surface area contributed by atoms with Crippen LogP contribution in [0.25, 0.3) is 0 Å². The Hall–Kier alpha value is -0.730. The molecule has 1 aromatic carbocycles. The molecule has 0 aliphatic heterocycles. The fourth-order valence-electron chi connectivity index (χ4n) is 1.09. The average Bonchev–Trinajstić information content (AvgIpc) is 2.09. The lowest BCUT2D eigenvalue weighted by atomic mass is 10.1. The lowest BCUT2D eigenvalue weighted by molar-refractivity contribution is 0.107. The molecule has 0 heterocycles. The number of hydrogen-bond donors (Lipinski definition) is 0. The molecular weight excluding hydrogens is 211 g/mol. The Balaban J connectivity index is 3.38.